The molecule has 0 aliphatic heterocycles. The normalized spacial score (nSPS) is 10.3. The molecule has 0 heterocycles. The number of hydrogen-bond donors (Lipinski definition) is 1. The molecule has 0 amide bonds. The van der Waals surface area contributed by atoms with Gasteiger partial charge in [0.1, 0.15) is 5.75 Å². The number of benzene rings is 1. The number of halogens is 1. The Morgan fingerprint density at radius 2 is 2.12 bits per heavy atom. The van der Waals surface area contributed by atoms with E-state index in [4.69, 9.17) is 22.1 Å². The fourth-order valence-corrected chi connectivity index (χ4v) is 1.85. The highest BCUT2D eigenvalue weighted by Gasteiger charge is 2.17. The third-order valence-corrected chi connectivity index (χ3v) is 3.06. The maximum atomic E-state index is 11.8. The van der Waals surface area contributed by atoms with Gasteiger partial charge in [0.2, 0.25) is 0 Å². The summed E-state index contributed by atoms with van der Waals surface area (Å²) in [4.78, 5) is 11.8. The molecule has 0 aliphatic carbocycles. The smallest absolute Gasteiger partial charge is 0.167 e. The van der Waals surface area contributed by atoms with E-state index in [2.05, 4.69) is 0 Å². The van der Waals surface area contributed by atoms with Crippen LogP contribution in [0, 0.1) is 13.8 Å². The number of ether oxygens (including phenoxy) is 1. The molecular weight excluding hydrogens is 226 g/mol. The summed E-state index contributed by atoms with van der Waals surface area (Å²) in [6.45, 7) is 4.14. The van der Waals surface area contributed by atoms with E-state index in [0.29, 0.717) is 29.3 Å². The van der Waals surface area contributed by atoms with Crippen molar-refractivity contribution in [3.63, 3.8) is 0 Å². The van der Waals surface area contributed by atoms with Crippen molar-refractivity contribution >= 4 is 17.4 Å². The fraction of sp³-hybridized carbons (Fsp3) is 0.417. The van der Waals surface area contributed by atoms with Gasteiger partial charge in [0.05, 0.1) is 17.7 Å². The van der Waals surface area contributed by atoms with Crippen LogP contribution in [0.15, 0.2) is 6.07 Å². The van der Waals surface area contributed by atoms with Gasteiger partial charge in [-0.05, 0) is 37.6 Å². The van der Waals surface area contributed by atoms with Crippen molar-refractivity contribution in [3.8, 4) is 5.75 Å². The van der Waals surface area contributed by atoms with Crippen molar-refractivity contribution in [2.75, 3.05) is 13.7 Å². The molecule has 0 fully saturated rings. The Labute approximate surface area is 101 Å². The first-order valence-corrected chi connectivity index (χ1v) is 5.47. The van der Waals surface area contributed by atoms with Crippen LogP contribution in [0.3, 0.4) is 0 Å². The fourth-order valence-electron chi connectivity index (χ4n) is 1.52. The molecule has 0 radical (unpaired) electrons. The zero-order valence-corrected chi connectivity index (χ0v) is 10.5. The van der Waals surface area contributed by atoms with Crippen molar-refractivity contribution in [1.82, 2.24) is 0 Å². The lowest BCUT2D eigenvalue weighted by atomic mass is 10.0. The highest BCUT2D eigenvalue weighted by atomic mass is 35.5. The highest BCUT2D eigenvalue weighted by molar-refractivity contribution is 6.33. The number of hydrogen-bond acceptors (Lipinski definition) is 3. The molecule has 0 unspecified atom stereocenters. The van der Waals surface area contributed by atoms with Gasteiger partial charge < -0.3 is 10.5 Å². The standard InChI is InChI=1S/C12H16ClNO2/c1-7-6-9(10(15)4-5-14)12(16-3)11(13)8(7)2/h6H,4-5,14H2,1-3H3. The highest BCUT2D eigenvalue weighted by Crippen LogP contribution is 2.34. The van der Waals surface area contributed by atoms with Crippen molar-refractivity contribution in [1.29, 1.82) is 0 Å². The number of Topliss-reactive ketones (excluding diaryl/α,β-unsaturated/α-hetero) is 1. The summed E-state index contributed by atoms with van der Waals surface area (Å²) in [5.41, 5.74) is 7.80. The summed E-state index contributed by atoms with van der Waals surface area (Å²) in [5.74, 6) is 0.410. The van der Waals surface area contributed by atoms with Gasteiger partial charge >= 0.3 is 0 Å². The van der Waals surface area contributed by atoms with Crippen LogP contribution in [0.25, 0.3) is 0 Å². The third kappa shape index (κ3) is 2.36. The Bertz CT molecular complexity index is 416. The summed E-state index contributed by atoms with van der Waals surface area (Å²) in [7, 11) is 1.51. The second kappa shape index (κ2) is 5.32. The van der Waals surface area contributed by atoms with Gasteiger partial charge in [-0.15, -0.1) is 0 Å². The molecule has 88 valence electrons. The molecule has 1 aromatic rings. The van der Waals surface area contributed by atoms with Crippen LogP contribution in [0.1, 0.15) is 27.9 Å². The van der Waals surface area contributed by atoms with Gasteiger partial charge in [0.15, 0.2) is 5.78 Å². The minimum absolute atomic E-state index is 0.0376. The van der Waals surface area contributed by atoms with E-state index in [0.717, 1.165) is 11.1 Å². The lowest BCUT2D eigenvalue weighted by Gasteiger charge is -2.13. The van der Waals surface area contributed by atoms with E-state index >= 15 is 0 Å². The number of carbonyl (C=O) groups excluding carboxylic acids is 1. The topological polar surface area (TPSA) is 52.3 Å². The second-order valence-electron chi connectivity index (χ2n) is 3.68. The molecule has 16 heavy (non-hydrogen) atoms. The van der Waals surface area contributed by atoms with Gasteiger partial charge in [-0.1, -0.05) is 11.6 Å². The monoisotopic (exact) mass is 241 g/mol. The zero-order valence-electron chi connectivity index (χ0n) is 9.76. The first-order valence-electron chi connectivity index (χ1n) is 5.09. The first-order chi connectivity index (χ1) is 7.52. The SMILES string of the molecule is COc1c(C(=O)CCN)cc(C)c(C)c1Cl. The predicted molar refractivity (Wildman–Crippen MR) is 65.5 cm³/mol. The summed E-state index contributed by atoms with van der Waals surface area (Å²) in [5, 5.41) is 0.503. The van der Waals surface area contributed by atoms with Crippen LogP contribution in [0.2, 0.25) is 5.02 Å². The Balaban J connectivity index is 3.33. The molecule has 1 aromatic carbocycles. The third-order valence-electron chi connectivity index (χ3n) is 2.60. The van der Waals surface area contributed by atoms with Crippen LogP contribution in [-0.2, 0) is 0 Å². The number of aryl methyl sites for hydroxylation is 1. The molecule has 0 spiro atoms. The van der Waals surface area contributed by atoms with Crippen molar-refractivity contribution in [2.24, 2.45) is 5.73 Å². The quantitative estimate of drug-likeness (QED) is 0.824. The molecule has 0 aliphatic rings. The van der Waals surface area contributed by atoms with E-state index in [1.54, 1.807) is 6.07 Å². The van der Waals surface area contributed by atoms with E-state index < -0.39 is 0 Å². The summed E-state index contributed by atoms with van der Waals surface area (Å²) < 4.78 is 5.19. The summed E-state index contributed by atoms with van der Waals surface area (Å²) in [6, 6.07) is 1.80. The molecule has 0 atom stereocenters. The van der Waals surface area contributed by atoms with Crippen LogP contribution in [-0.4, -0.2) is 19.4 Å². The molecule has 0 saturated carbocycles. The van der Waals surface area contributed by atoms with Crippen molar-refractivity contribution < 1.29 is 9.53 Å². The average molecular weight is 242 g/mol. The Morgan fingerprint density at radius 3 is 2.62 bits per heavy atom. The Morgan fingerprint density at radius 1 is 1.50 bits per heavy atom. The first kappa shape index (κ1) is 13.0. The van der Waals surface area contributed by atoms with Crippen LogP contribution in [0.5, 0.6) is 5.75 Å². The van der Waals surface area contributed by atoms with E-state index in [1.807, 2.05) is 13.8 Å². The molecule has 2 N–H and O–H groups in total. The predicted octanol–water partition coefficient (Wildman–Crippen LogP) is 2.50. The summed E-state index contributed by atoms with van der Waals surface area (Å²) >= 11 is 6.14. The average Bonchev–Trinajstić information content (AvgIpc) is 2.26. The van der Waals surface area contributed by atoms with Gasteiger partial charge in [-0.3, -0.25) is 4.79 Å². The molecule has 0 saturated heterocycles. The van der Waals surface area contributed by atoms with Gasteiger partial charge in [0, 0.05) is 6.42 Å². The molecule has 0 bridgehead atoms. The van der Waals surface area contributed by atoms with E-state index in [9.17, 15) is 4.79 Å². The number of ketones is 1. The zero-order chi connectivity index (χ0) is 12.3. The number of nitrogens with two attached hydrogens (primary N) is 1. The van der Waals surface area contributed by atoms with Crippen molar-refractivity contribution in [3.05, 3.63) is 27.8 Å². The maximum Gasteiger partial charge on any atom is 0.167 e. The second-order valence-corrected chi connectivity index (χ2v) is 4.05. The Hall–Kier alpha value is -1.06. The lowest BCUT2D eigenvalue weighted by molar-refractivity contribution is 0.0982. The summed E-state index contributed by atoms with van der Waals surface area (Å²) in [6.07, 6.45) is 0.301. The van der Waals surface area contributed by atoms with Crippen LogP contribution < -0.4 is 10.5 Å². The Kier molecular flexibility index (Phi) is 4.33. The maximum absolute atomic E-state index is 11.8. The number of rotatable bonds is 4. The minimum Gasteiger partial charge on any atom is -0.494 e. The van der Waals surface area contributed by atoms with Crippen LogP contribution >= 0.6 is 11.6 Å². The minimum atomic E-state index is -0.0376. The van der Waals surface area contributed by atoms with Gasteiger partial charge in [-0.2, -0.15) is 0 Å². The molecular formula is C12H16ClNO2. The van der Waals surface area contributed by atoms with E-state index in [-0.39, 0.29) is 5.78 Å². The van der Waals surface area contributed by atoms with Crippen molar-refractivity contribution in [2.45, 2.75) is 20.3 Å². The largest absolute Gasteiger partial charge is 0.494 e. The molecule has 1 rings (SSSR count). The molecule has 4 heteroatoms. The van der Waals surface area contributed by atoms with E-state index in [1.165, 1.54) is 7.11 Å². The molecule has 3 nitrogen and oxygen atoms in total. The van der Waals surface area contributed by atoms with Gasteiger partial charge in [-0.25, -0.2) is 0 Å². The van der Waals surface area contributed by atoms with Crippen LogP contribution in [0.4, 0.5) is 0 Å². The number of methoxy groups -OCH3 is 1. The lowest BCUT2D eigenvalue weighted by Crippen LogP contribution is -2.10. The number of carbonyl (C=O) groups is 1. The van der Waals surface area contributed by atoms with Gasteiger partial charge in [0.25, 0.3) is 0 Å². The molecule has 0 aromatic heterocycles.